The molecule has 0 radical (unpaired) electrons. The van der Waals surface area contributed by atoms with Gasteiger partial charge in [0.25, 0.3) is 0 Å². The molecule has 0 saturated heterocycles. The summed E-state index contributed by atoms with van der Waals surface area (Å²) in [6.07, 6.45) is 3.11. The number of hydrogen-bond acceptors (Lipinski definition) is 3. The van der Waals surface area contributed by atoms with E-state index in [2.05, 4.69) is 26.2 Å². The zero-order valence-corrected chi connectivity index (χ0v) is 12.0. The van der Waals surface area contributed by atoms with E-state index in [1.807, 2.05) is 0 Å². The first-order chi connectivity index (χ1) is 9.06. The van der Waals surface area contributed by atoms with Crippen LogP contribution in [0.5, 0.6) is 0 Å². The van der Waals surface area contributed by atoms with E-state index in [9.17, 15) is 9.90 Å². The van der Waals surface area contributed by atoms with Crippen LogP contribution >= 0.6 is 27.5 Å². The van der Waals surface area contributed by atoms with Gasteiger partial charge >= 0.3 is 5.97 Å². The van der Waals surface area contributed by atoms with Crippen LogP contribution in [0.3, 0.4) is 0 Å². The number of nitrogens with zero attached hydrogens (tertiary/aromatic N) is 1. The number of aromatic nitrogens is 1. The number of carboxylic acids is 1. The molecule has 2 aromatic rings. The Labute approximate surface area is 123 Å². The molecule has 1 heterocycles. The normalized spacial score (nSPS) is 11.9. The van der Waals surface area contributed by atoms with Crippen molar-refractivity contribution in [2.24, 2.45) is 0 Å². The summed E-state index contributed by atoms with van der Waals surface area (Å²) in [7, 11) is 0. The van der Waals surface area contributed by atoms with Crippen molar-refractivity contribution in [1.29, 1.82) is 0 Å². The van der Waals surface area contributed by atoms with Crippen molar-refractivity contribution in [3.63, 3.8) is 0 Å². The maximum Gasteiger partial charge on any atom is 0.330 e. The number of hydrogen-bond donors (Lipinski definition) is 2. The standard InChI is InChI=1S/C13H10BrClN2O2/c14-9-4-8(6-16-7-9)12(13(18)19)17-11-3-1-2-10(15)5-11/h1-7,12,17H,(H,18,19). The number of rotatable bonds is 4. The van der Waals surface area contributed by atoms with Crippen LogP contribution < -0.4 is 5.32 Å². The van der Waals surface area contributed by atoms with E-state index in [4.69, 9.17) is 11.6 Å². The number of anilines is 1. The molecule has 1 atom stereocenters. The van der Waals surface area contributed by atoms with Gasteiger partial charge in [-0.1, -0.05) is 17.7 Å². The minimum Gasteiger partial charge on any atom is -0.479 e. The lowest BCUT2D eigenvalue weighted by atomic mass is 10.1. The molecule has 1 unspecified atom stereocenters. The Morgan fingerprint density at radius 3 is 2.79 bits per heavy atom. The van der Waals surface area contributed by atoms with E-state index in [0.29, 0.717) is 16.3 Å². The number of pyridine rings is 1. The summed E-state index contributed by atoms with van der Waals surface area (Å²) in [5.74, 6) is -0.986. The lowest BCUT2D eigenvalue weighted by molar-refractivity contribution is -0.138. The van der Waals surface area contributed by atoms with E-state index in [1.165, 1.54) is 6.20 Å². The second-order valence-electron chi connectivity index (χ2n) is 3.86. The average Bonchev–Trinajstić information content (AvgIpc) is 2.35. The van der Waals surface area contributed by atoms with Crippen LogP contribution in [-0.2, 0) is 4.79 Å². The van der Waals surface area contributed by atoms with Gasteiger partial charge in [-0.2, -0.15) is 0 Å². The van der Waals surface area contributed by atoms with Crippen molar-refractivity contribution in [2.75, 3.05) is 5.32 Å². The Hall–Kier alpha value is -1.59. The van der Waals surface area contributed by atoms with Gasteiger partial charge in [-0.15, -0.1) is 0 Å². The molecule has 2 rings (SSSR count). The Bertz CT molecular complexity index is 607. The van der Waals surface area contributed by atoms with Crippen LogP contribution in [0, 0.1) is 0 Å². The first kappa shape index (κ1) is 13.8. The first-order valence-corrected chi connectivity index (χ1v) is 6.59. The molecular weight excluding hydrogens is 332 g/mol. The Kier molecular flexibility index (Phi) is 4.39. The summed E-state index contributed by atoms with van der Waals surface area (Å²) in [6, 6.07) is 7.73. The van der Waals surface area contributed by atoms with Gasteiger partial charge in [-0.05, 0) is 40.2 Å². The van der Waals surface area contributed by atoms with Crippen molar-refractivity contribution in [1.82, 2.24) is 4.98 Å². The van der Waals surface area contributed by atoms with E-state index in [1.54, 1.807) is 36.5 Å². The molecular formula is C13H10BrClN2O2. The van der Waals surface area contributed by atoms with Gasteiger partial charge in [0.05, 0.1) is 0 Å². The van der Waals surface area contributed by atoms with Gasteiger partial charge in [0.1, 0.15) is 0 Å². The Morgan fingerprint density at radius 1 is 1.37 bits per heavy atom. The molecule has 19 heavy (non-hydrogen) atoms. The molecule has 1 aromatic heterocycles. The predicted molar refractivity (Wildman–Crippen MR) is 77.4 cm³/mol. The van der Waals surface area contributed by atoms with Crippen LogP contribution in [0.25, 0.3) is 0 Å². The molecule has 0 saturated carbocycles. The molecule has 0 amide bonds. The molecule has 0 aliphatic carbocycles. The molecule has 1 aromatic carbocycles. The quantitative estimate of drug-likeness (QED) is 0.889. The maximum atomic E-state index is 11.4. The number of aliphatic carboxylic acids is 1. The van der Waals surface area contributed by atoms with E-state index in [0.717, 1.165) is 4.47 Å². The molecule has 0 aliphatic heterocycles. The second-order valence-corrected chi connectivity index (χ2v) is 5.21. The van der Waals surface area contributed by atoms with E-state index < -0.39 is 12.0 Å². The van der Waals surface area contributed by atoms with Gasteiger partial charge in [0, 0.05) is 33.1 Å². The third-order valence-electron chi connectivity index (χ3n) is 2.44. The number of benzene rings is 1. The van der Waals surface area contributed by atoms with Crippen molar-refractivity contribution >= 4 is 39.2 Å². The predicted octanol–water partition coefficient (Wildman–Crippen LogP) is 3.74. The van der Waals surface area contributed by atoms with Gasteiger partial charge < -0.3 is 10.4 Å². The van der Waals surface area contributed by atoms with Crippen molar-refractivity contribution in [2.45, 2.75) is 6.04 Å². The SMILES string of the molecule is O=C(O)C(Nc1cccc(Cl)c1)c1cncc(Br)c1. The highest BCUT2D eigenvalue weighted by atomic mass is 79.9. The highest BCUT2D eigenvalue weighted by Crippen LogP contribution is 2.23. The second kappa shape index (κ2) is 6.04. The zero-order valence-electron chi connectivity index (χ0n) is 9.68. The number of carboxylic acid groups (broad SMARTS) is 1. The molecule has 2 N–H and O–H groups in total. The summed E-state index contributed by atoms with van der Waals surface area (Å²) in [4.78, 5) is 15.3. The third-order valence-corrected chi connectivity index (χ3v) is 3.11. The number of carbonyl (C=O) groups is 1. The van der Waals surface area contributed by atoms with Gasteiger partial charge in [-0.25, -0.2) is 4.79 Å². The highest BCUT2D eigenvalue weighted by molar-refractivity contribution is 9.10. The zero-order chi connectivity index (χ0) is 13.8. The smallest absolute Gasteiger partial charge is 0.330 e. The third kappa shape index (κ3) is 3.68. The lowest BCUT2D eigenvalue weighted by Gasteiger charge is -2.16. The van der Waals surface area contributed by atoms with Crippen LogP contribution in [0.2, 0.25) is 5.02 Å². The Balaban J connectivity index is 2.29. The van der Waals surface area contributed by atoms with Crippen molar-refractivity contribution in [3.05, 3.63) is 57.8 Å². The molecule has 0 spiro atoms. The monoisotopic (exact) mass is 340 g/mol. The van der Waals surface area contributed by atoms with E-state index in [-0.39, 0.29) is 0 Å². The Morgan fingerprint density at radius 2 is 2.16 bits per heavy atom. The van der Waals surface area contributed by atoms with Gasteiger partial charge in [0.15, 0.2) is 6.04 Å². The van der Waals surface area contributed by atoms with Crippen molar-refractivity contribution < 1.29 is 9.90 Å². The fraction of sp³-hybridized carbons (Fsp3) is 0.0769. The van der Waals surface area contributed by atoms with Gasteiger partial charge in [-0.3, -0.25) is 4.98 Å². The summed E-state index contributed by atoms with van der Waals surface area (Å²) in [5, 5.41) is 12.8. The van der Waals surface area contributed by atoms with Gasteiger partial charge in [0.2, 0.25) is 0 Å². The molecule has 4 nitrogen and oxygen atoms in total. The number of halogens is 2. The van der Waals surface area contributed by atoms with Crippen LogP contribution in [0.15, 0.2) is 47.2 Å². The van der Waals surface area contributed by atoms with Crippen LogP contribution in [0.4, 0.5) is 5.69 Å². The molecule has 6 heteroatoms. The fourth-order valence-corrected chi connectivity index (χ4v) is 2.19. The lowest BCUT2D eigenvalue weighted by Crippen LogP contribution is -2.20. The average molecular weight is 342 g/mol. The van der Waals surface area contributed by atoms with Crippen LogP contribution in [-0.4, -0.2) is 16.1 Å². The summed E-state index contributed by atoms with van der Waals surface area (Å²) >= 11 is 9.14. The van der Waals surface area contributed by atoms with Crippen LogP contribution in [0.1, 0.15) is 11.6 Å². The first-order valence-electron chi connectivity index (χ1n) is 5.41. The summed E-state index contributed by atoms with van der Waals surface area (Å²) in [6.45, 7) is 0. The summed E-state index contributed by atoms with van der Waals surface area (Å²) in [5.41, 5.74) is 1.20. The van der Waals surface area contributed by atoms with Crippen molar-refractivity contribution in [3.8, 4) is 0 Å². The molecule has 0 bridgehead atoms. The minimum atomic E-state index is -0.986. The molecule has 0 fully saturated rings. The fourth-order valence-electron chi connectivity index (χ4n) is 1.62. The minimum absolute atomic E-state index is 0.543. The number of nitrogens with one attached hydrogen (secondary N) is 1. The van der Waals surface area contributed by atoms with E-state index >= 15 is 0 Å². The maximum absolute atomic E-state index is 11.4. The molecule has 0 aliphatic rings. The highest BCUT2D eigenvalue weighted by Gasteiger charge is 2.20. The largest absolute Gasteiger partial charge is 0.479 e. The summed E-state index contributed by atoms with van der Waals surface area (Å²) < 4.78 is 0.726. The topological polar surface area (TPSA) is 62.2 Å². The molecule has 98 valence electrons.